The van der Waals surface area contributed by atoms with Gasteiger partial charge in [0.05, 0.1) is 34.2 Å². The number of carbonyl (C=O) groups is 1. The van der Waals surface area contributed by atoms with Gasteiger partial charge in [0.15, 0.2) is 11.0 Å². The quantitative estimate of drug-likeness (QED) is 0.315. The van der Waals surface area contributed by atoms with Gasteiger partial charge < -0.3 is 14.5 Å². The lowest BCUT2D eigenvalue weighted by Gasteiger charge is -2.10. The smallest absolute Gasteiger partial charge is 0.192 e. The molecule has 0 fully saturated rings. The summed E-state index contributed by atoms with van der Waals surface area (Å²) in [5, 5.41) is 23.1. The summed E-state index contributed by atoms with van der Waals surface area (Å²) in [5.41, 5.74) is 2.86. The lowest BCUT2D eigenvalue weighted by molar-refractivity contribution is -0.255. The summed E-state index contributed by atoms with van der Waals surface area (Å²) in [5.74, 6) is 1.09. The molecule has 0 aliphatic heterocycles. The van der Waals surface area contributed by atoms with Gasteiger partial charge in [0.25, 0.3) is 0 Å². The molecule has 3 heterocycles. The molecule has 9 heteroatoms. The van der Waals surface area contributed by atoms with E-state index in [9.17, 15) is 9.90 Å². The van der Waals surface area contributed by atoms with Crippen molar-refractivity contribution in [3.63, 3.8) is 0 Å². The van der Waals surface area contributed by atoms with Gasteiger partial charge in [-0.05, 0) is 41.6 Å². The first-order valence-corrected chi connectivity index (χ1v) is 12.3. The third-order valence-corrected chi connectivity index (χ3v) is 7.18. The molecule has 3 aromatic heterocycles. The van der Waals surface area contributed by atoms with E-state index < -0.39 is 5.97 Å². The Balaban J connectivity index is 1.47. The van der Waals surface area contributed by atoms with Crippen molar-refractivity contribution in [3.05, 3.63) is 83.0 Å². The molecule has 0 saturated heterocycles. The van der Waals surface area contributed by atoms with Gasteiger partial charge in [-0.15, -0.1) is 21.5 Å². The molecule has 0 bridgehead atoms. The van der Waals surface area contributed by atoms with Crippen LogP contribution in [0, 0.1) is 0 Å². The molecule has 0 saturated carbocycles. The molecular formula is C24H20N5O2S2-. The number of benzene rings is 2. The number of carboxylic acids is 1. The summed E-state index contributed by atoms with van der Waals surface area (Å²) in [6.45, 7) is 3.45. The van der Waals surface area contributed by atoms with Crippen LogP contribution in [0.2, 0.25) is 0 Å². The van der Waals surface area contributed by atoms with Crippen LogP contribution in [0.4, 0.5) is 0 Å². The van der Waals surface area contributed by atoms with Crippen LogP contribution in [0.1, 0.15) is 28.7 Å². The van der Waals surface area contributed by atoms with Crippen LogP contribution < -0.4 is 5.11 Å². The summed E-state index contributed by atoms with van der Waals surface area (Å²) in [4.78, 5) is 17.0. The Bertz CT molecular complexity index is 1410. The standard InChI is InChI=1S/C24H21N5O2S2/c1-2-28-19-11-10-17(23(30)31)13-18(19)25-21(28)15-33-24-27-26-22(20-9-6-12-32-20)29(24)14-16-7-4-3-5-8-16/h3-13H,2,14-15H2,1H3,(H,30,31)/p-1. The minimum Gasteiger partial charge on any atom is -0.545 e. The van der Waals surface area contributed by atoms with Gasteiger partial charge in [-0.3, -0.25) is 4.57 Å². The summed E-state index contributed by atoms with van der Waals surface area (Å²) < 4.78 is 4.23. The molecule has 2 aromatic carbocycles. The first kappa shape index (κ1) is 21.4. The van der Waals surface area contributed by atoms with E-state index in [0.717, 1.165) is 33.7 Å². The van der Waals surface area contributed by atoms with Crippen LogP contribution in [0.5, 0.6) is 0 Å². The second-order valence-corrected chi connectivity index (χ2v) is 9.30. The summed E-state index contributed by atoms with van der Waals surface area (Å²) in [6, 6.07) is 19.2. The van der Waals surface area contributed by atoms with Crippen molar-refractivity contribution in [3.8, 4) is 10.7 Å². The monoisotopic (exact) mass is 474 g/mol. The van der Waals surface area contributed by atoms with E-state index in [1.807, 2.05) is 29.6 Å². The minimum absolute atomic E-state index is 0.130. The van der Waals surface area contributed by atoms with Crippen molar-refractivity contribution in [2.75, 3.05) is 0 Å². The predicted octanol–water partition coefficient (Wildman–Crippen LogP) is 4.08. The van der Waals surface area contributed by atoms with E-state index in [1.165, 1.54) is 5.56 Å². The Hall–Kier alpha value is -3.43. The molecule has 0 amide bonds. The number of imidazole rings is 1. The summed E-state index contributed by atoms with van der Waals surface area (Å²) >= 11 is 3.21. The summed E-state index contributed by atoms with van der Waals surface area (Å²) in [7, 11) is 0. The number of hydrogen-bond acceptors (Lipinski definition) is 7. The van der Waals surface area contributed by atoms with Crippen molar-refractivity contribution in [2.24, 2.45) is 0 Å². The fourth-order valence-corrected chi connectivity index (χ4v) is 5.39. The SMILES string of the molecule is CCn1c(CSc2nnc(-c3cccs3)n2Cc2ccccc2)nc2cc(C(=O)[O-])ccc21. The molecular weight excluding hydrogens is 454 g/mol. The molecule has 0 radical (unpaired) electrons. The molecule has 33 heavy (non-hydrogen) atoms. The number of aromatic nitrogens is 5. The van der Waals surface area contributed by atoms with Gasteiger partial charge in [0, 0.05) is 6.54 Å². The van der Waals surface area contributed by atoms with Crippen molar-refractivity contribution in [1.82, 2.24) is 24.3 Å². The van der Waals surface area contributed by atoms with Crippen LogP contribution in [0.25, 0.3) is 21.7 Å². The average molecular weight is 475 g/mol. The van der Waals surface area contributed by atoms with E-state index in [0.29, 0.717) is 17.8 Å². The second-order valence-electron chi connectivity index (χ2n) is 7.41. The maximum Gasteiger partial charge on any atom is 0.192 e. The first-order valence-electron chi connectivity index (χ1n) is 10.5. The van der Waals surface area contributed by atoms with Gasteiger partial charge in [-0.1, -0.05) is 54.2 Å². The lowest BCUT2D eigenvalue weighted by atomic mass is 10.2. The van der Waals surface area contributed by atoms with Gasteiger partial charge in [-0.25, -0.2) is 4.98 Å². The van der Waals surface area contributed by atoms with E-state index in [1.54, 1.807) is 41.3 Å². The van der Waals surface area contributed by atoms with Gasteiger partial charge in [0.2, 0.25) is 0 Å². The Morgan fingerprint density at radius 2 is 1.91 bits per heavy atom. The lowest BCUT2D eigenvalue weighted by Crippen LogP contribution is -2.21. The third-order valence-electron chi connectivity index (χ3n) is 5.35. The second kappa shape index (κ2) is 9.21. The van der Waals surface area contributed by atoms with Crippen LogP contribution >= 0.6 is 23.1 Å². The van der Waals surface area contributed by atoms with E-state index in [2.05, 4.69) is 44.5 Å². The third kappa shape index (κ3) is 4.29. The Kier molecular flexibility index (Phi) is 5.97. The Morgan fingerprint density at radius 3 is 2.64 bits per heavy atom. The number of hydrogen-bond donors (Lipinski definition) is 0. The normalized spacial score (nSPS) is 11.3. The fraction of sp³-hybridized carbons (Fsp3) is 0.167. The number of aromatic carboxylic acids is 1. The molecule has 0 N–H and O–H groups in total. The minimum atomic E-state index is -1.20. The highest BCUT2D eigenvalue weighted by Crippen LogP contribution is 2.30. The van der Waals surface area contributed by atoms with E-state index >= 15 is 0 Å². The highest BCUT2D eigenvalue weighted by atomic mass is 32.2. The average Bonchev–Trinajstić information content (AvgIpc) is 3.56. The number of aryl methyl sites for hydroxylation is 1. The zero-order chi connectivity index (χ0) is 22.8. The Morgan fingerprint density at radius 1 is 1.06 bits per heavy atom. The number of thioether (sulfide) groups is 1. The van der Waals surface area contributed by atoms with E-state index in [-0.39, 0.29) is 5.56 Å². The van der Waals surface area contributed by atoms with E-state index in [4.69, 9.17) is 4.98 Å². The maximum absolute atomic E-state index is 11.2. The van der Waals surface area contributed by atoms with Gasteiger partial charge in [-0.2, -0.15) is 0 Å². The van der Waals surface area contributed by atoms with Crippen LogP contribution in [0.15, 0.2) is 71.2 Å². The summed E-state index contributed by atoms with van der Waals surface area (Å²) in [6.07, 6.45) is 0. The number of fused-ring (bicyclic) bond motifs is 1. The number of carbonyl (C=O) groups excluding carboxylic acids is 1. The molecule has 0 aliphatic carbocycles. The Labute approximate surface area is 198 Å². The van der Waals surface area contributed by atoms with Crippen LogP contribution in [0.3, 0.4) is 0 Å². The number of rotatable bonds is 8. The molecule has 0 unspecified atom stereocenters. The zero-order valence-corrected chi connectivity index (χ0v) is 19.5. The van der Waals surface area contributed by atoms with Crippen molar-refractivity contribution in [1.29, 1.82) is 0 Å². The molecule has 7 nitrogen and oxygen atoms in total. The first-order chi connectivity index (χ1) is 16.1. The highest BCUT2D eigenvalue weighted by molar-refractivity contribution is 7.98. The van der Waals surface area contributed by atoms with Crippen molar-refractivity contribution in [2.45, 2.75) is 30.9 Å². The van der Waals surface area contributed by atoms with Gasteiger partial charge in [0.1, 0.15) is 5.82 Å². The molecule has 5 rings (SSSR count). The molecule has 0 aliphatic rings. The maximum atomic E-state index is 11.2. The molecule has 0 spiro atoms. The van der Waals surface area contributed by atoms with Crippen LogP contribution in [-0.4, -0.2) is 30.3 Å². The molecule has 166 valence electrons. The number of thiophene rings is 1. The fourth-order valence-electron chi connectivity index (χ4n) is 3.79. The van der Waals surface area contributed by atoms with Crippen molar-refractivity contribution < 1.29 is 9.90 Å². The van der Waals surface area contributed by atoms with Crippen LogP contribution in [-0.2, 0) is 18.8 Å². The zero-order valence-electron chi connectivity index (χ0n) is 17.8. The van der Waals surface area contributed by atoms with Crippen molar-refractivity contribution >= 4 is 40.1 Å². The van der Waals surface area contributed by atoms with Gasteiger partial charge >= 0.3 is 0 Å². The topological polar surface area (TPSA) is 88.7 Å². The predicted molar refractivity (Wildman–Crippen MR) is 128 cm³/mol. The molecule has 5 aromatic rings. The largest absolute Gasteiger partial charge is 0.545 e. The number of carboxylic acid groups (broad SMARTS) is 1. The molecule has 0 atom stereocenters. The highest BCUT2D eigenvalue weighted by Gasteiger charge is 2.18. The number of nitrogens with zero attached hydrogens (tertiary/aromatic N) is 5.